The highest BCUT2D eigenvalue weighted by Crippen LogP contribution is 2.16. The Labute approximate surface area is 100 Å². The second kappa shape index (κ2) is 4.83. The van der Waals surface area contributed by atoms with Crippen LogP contribution in [0.3, 0.4) is 0 Å². The standard InChI is InChI=1S/C12H15N3O2/c1-8-9(7-13)5-6-14-10(8)15-11(16)17-12(2,3)4/h5-6H,1-4H3,(H,14,15,16). The van der Waals surface area contributed by atoms with Gasteiger partial charge in [-0.05, 0) is 33.8 Å². The van der Waals surface area contributed by atoms with Gasteiger partial charge in [-0.1, -0.05) is 0 Å². The summed E-state index contributed by atoms with van der Waals surface area (Å²) in [5.41, 5.74) is 0.539. The Kier molecular flexibility index (Phi) is 3.69. The SMILES string of the molecule is Cc1c(C#N)ccnc1NC(=O)OC(C)(C)C. The van der Waals surface area contributed by atoms with Crippen LogP contribution in [0.2, 0.25) is 0 Å². The van der Waals surface area contributed by atoms with Crippen LogP contribution >= 0.6 is 0 Å². The van der Waals surface area contributed by atoms with E-state index in [1.807, 2.05) is 6.07 Å². The van der Waals surface area contributed by atoms with E-state index in [9.17, 15) is 4.79 Å². The van der Waals surface area contributed by atoms with Gasteiger partial charge in [-0.25, -0.2) is 9.78 Å². The molecule has 17 heavy (non-hydrogen) atoms. The zero-order chi connectivity index (χ0) is 13.1. The minimum absolute atomic E-state index is 0.346. The van der Waals surface area contributed by atoms with E-state index in [0.717, 1.165) is 0 Å². The van der Waals surface area contributed by atoms with Crippen molar-refractivity contribution in [2.45, 2.75) is 33.3 Å². The number of nitrogens with zero attached hydrogens (tertiary/aromatic N) is 2. The van der Waals surface area contributed by atoms with Crippen LogP contribution in [0.5, 0.6) is 0 Å². The van der Waals surface area contributed by atoms with Crippen LogP contribution in [0, 0.1) is 18.3 Å². The number of nitrogens with one attached hydrogen (secondary N) is 1. The third-order valence-electron chi connectivity index (χ3n) is 1.94. The predicted molar refractivity (Wildman–Crippen MR) is 63.5 cm³/mol. The zero-order valence-electron chi connectivity index (χ0n) is 10.4. The maximum atomic E-state index is 11.5. The summed E-state index contributed by atoms with van der Waals surface area (Å²) in [4.78, 5) is 15.5. The number of aromatic nitrogens is 1. The lowest BCUT2D eigenvalue weighted by Gasteiger charge is -2.19. The lowest BCUT2D eigenvalue weighted by molar-refractivity contribution is 0.0635. The van der Waals surface area contributed by atoms with E-state index in [-0.39, 0.29) is 0 Å². The third-order valence-corrected chi connectivity index (χ3v) is 1.94. The number of pyridine rings is 1. The number of rotatable bonds is 1. The lowest BCUT2D eigenvalue weighted by Crippen LogP contribution is -2.27. The first-order valence-electron chi connectivity index (χ1n) is 5.19. The molecule has 0 aliphatic heterocycles. The van der Waals surface area contributed by atoms with E-state index >= 15 is 0 Å². The topological polar surface area (TPSA) is 75.0 Å². The van der Waals surface area contributed by atoms with Crippen molar-refractivity contribution in [3.63, 3.8) is 0 Å². The number of hydrogen-bond donors (Lipinski definition) is 1. The largest absolute Gasteiger partial charge is 0.444 e. The number of nitriles is 1. The molecule has 0 radical (unpaired) electrons. The molecule has 1 aromatic heterocycles. The highest BCUT2D eigenvalue weighted by molar-refractivity contribution is 5.84. The van der Waals surface area contributed by atoms with Crippen molar-refractivity contribution in [3.8, 4) is 6.07 Å². The Balaban J connectivity index is 2.83. The number of anilines is 1. The number of carbonyl (C=O) groups excluding carboxylic acids is 1. The molecule has 0 bridgehead atoms. The average molecular weight is 233 g/mol. The van der Waals surface area contributed by atoms with Crippen molar-refractivity contribution < 1.29 is 9.53 Å². The van der Waals surface area contributed by atoms with Crippen LogP contribution in [0.1, 0.15) is 31.9 Å². The van der Waals surface area contributed by atoms with Gasteiger partial charge in [0.05, 0.1) is 11.6 Å². The van der Waals surface area contributed by atoms with Crippen LogP contribution in [0.4, 0.5) is 10.6 Å². The molecule has 1 amide bonds. The Morgan fingerprint density at radius 1 is 1.53 bits per heavy atom. The Morgan fingerprint density at radius 3 is 2.71 bits per heavy atom. The van der Waals surface area contributed by atoms with Gasteiger partial charge in [0.1, 0.15) is 11.4 Å². The summed E-state index contributed by atoms with van der Waals surface area (Å²) in [6.07, 6.45) is 0.890. The first-order valence-corrected chi connectivity index (χ1v) is 5.19. The van der Waals surface area contributed by atoms with Gasteiger partial charge in [-0.15, -0.1) is 0 Å². The van der Waals surface area contributed by atoms with Crippen LogP contribution in [0.15, 0.2) is 12.3 Å². The molecular formula is C12H15N3O2. The molecule has 0 aliphatic carbocycles. The molecule has 0 saturated heterocycles. The van der Waals surface area contributed by atoms with E-state index < -0.39 is 11.7 Å². The molecule has 0 fully saturated rings. The monoisotopic (exact) mass is 233 g/mol. The number of ether oxygens (including phenoxy) is 1. The normalized spacial score (nSPS) is 10.5. The van der Waals surface area contributed by atoms with E-state index in [4.69, 9.17) is 10.00 Å². The predicted octanol–water partition coefficient (Wildman–Crippen LogP) is 2.61. The molecule has 5 heteroatoms. The quantitative estimate of drug-likeness (QED) is 0.809. The molecule has 1 aromatic rings. The zero-order valence-corrected chi connectivity index (χ0v) is 10.4. The van der Waals surface area contributed by atoms with Gasteiger partial charge in [0.15, 0.2) is 0 Å². The maximum absolute atomic E-state index is 11.5. The van der Waals surface area contributed by atoms with E-state index in [0.29, 0.717) is 16.9 Å². The summed E-state index contributed by atoms with van der Waals surface area (Å²) < 4.78 is 5.10. The smallest absolute Gasteiger partial charge is 0.413 e. The fourth-order valence-electron chi connectivity index (χ4n) is 1.18. The van der Waals surface area contributed by atoms with Crippen molar-refractivity contribution in [2.75, 3.05) is 5.32 Å². The van der Waals surface area contributed by atoms with Crippen molar-refractivity contribution in [3.05, 3.63) is 23.4 Å². The van der Waals surface area contributed by atoms with Gasteiger partial charge in [0, 0.05) is 11.8 Å². The highest BCUT2D eigenvalue weighted by atomic mass is 16.6. The van der Waals surface area contributed by atoms with Crippen LogP contribution in [-0.4, -0.2) is 16.7 Å². The first kappa shape index (κ1) is 13.0. The summed E-state index contributed by atoms with van der Waals surface area (Å²) >= 11 is 0. The minimum Gasteiger partial charge on any atom is -0.444 e. The molecule has 1 heterocycles. The van der Waals surface area contributed by atoms with Gasteiger partial charge in [0.2, 0.25) is 0 Å². The van der Waals surface area contributed by atoms with Crippen LogP contribution in [-0.2, 0) is 4.74 Å². The van der Waals surface area contributed by atoms with Crippen LogP contribution < -0.4 is 5.32 Å². The molecule has 0 atom stereocenters. The fraction of sp³-hybridized carbons (Fsp3) is 0.417. The first-order chi connectivity index (χ1) is 7.83. The number of carbonyl (C=O) groups is 1. The van der Waals surface area contributed by atoms with Crippen molar-refractivity contribution >= 4 is 11.9 Å². The molecule has 1 N–H and O–H groups in total. The third kappa shape index (κ3) is 3.76. The average Bonchev–Trinajstić information content (AvgIpc) is 2.18. The Bertz CT molecular complexity index is 470. The van der Waals surface area contributed by atoms with Gasteiger partial charge in [-0.2, -0.15) is 5.26 Å². The van der Waals surface area contributed by atoms with E-state index in [2.05, 4.69) is 10.3 Å². The molecule has 5 nitrogen and oxygen atoms in total. The molecule has 0 saturated carbocycles. The van der Waals surface area contributed by atoms with Gasteiger partial charge >= 0.3 is 6.09 Å². The summed E-state index contributed by atoms with van der Waals surface area (Å²) in [5, 5.41) is 11.4. The molecule has 90 valence electrons. The van der Waals surface area contributed by atoms with E-state index in [1.165, 1.54) is 6.20 Å². The van der Waals surface area contributed by atoms with Gasteiger partial charge < -0.3 is 4.74 Å². The molecule has 1 rings (SSSR count). The summed E-state index contributed by atoms with van der Waals surface area (Å²) in [5.74, 6) is 0.346. The number of hydrogen-bond acceptors (Lipinski definition) is 4. The summed E-state index contributed by atoms with van der Waals surface area (Å²) in [6, 6.07) is 3.62. The summed E-state index contributed by atoms with van der Waals surface area (Å²) in [6.45, 7) is 7.05. The molecular weight excluding hydrogens is 218 g/mol. The molecule has 0 aromatic carbocycles. The van der Waals surface area contributed by atoms with Crippen molar-refractivity contribution in [1.29, 1.82) is 5.26 Å². The second-order valence-electron chi connectivity index (χ2n) is 4.57. The van der Waals surface area contributed by atoms with Gasteiger partial charge in [0.25, 0.3) is 0 Å². The van der Waals surface area contributed by atoms with E-state index in [1.54, 1.807) is 33.8 Å². The number of amides is 1. The maximum Gasteiger partial charge on any atom is 0.413 e. The van der Waals surface area contributed by atoms with Crippen molar-refractivity contribution in [2.24, 2.45) is 0 Å². The van der Waals surface area contributed by atoms with Gasteiger partial charge in [-0.3, -0.25) is 5.32 Å². The highest BCUT2D eigenvalue weighted by Gasteiger charge is 2.17. The second-order valence-corrected chi connectivity index (χ2v) is 4.57. The lowest BCUT2D eigenvalue weighted by atomic mass is 10.1. The fourth-order valence-corrected chi connectivity index (χ4v) is 1.18. The Hall–Kier alpha value is -2.09. The molecule has 0 unspecified atom stereocenters. The Morgan fingerprint density at radius 2 is 2.18 bits per heavy atom. The molecule has 0 aliphatic rings. The van der Waals surface area contributed by atoms with Crippen molar-refractivity contribution in [1.82, 2.24) is 4.98 Å². The minimum atomic E-state index is -0.580. The summed E-state index contributed by atoms with van der Waals surface area (Å²) in [7, 11) is 0. The molecule has 0 spiro atoms. The van der Waals surface area contributed by atoms with Crippen LogP contribution in [0.25, 0.3) is 0 Å².